The van der Waals surface area contributed by atoms with Crippen LogP contribution in [-0.2, 0) is 12.8 Å². The van der Waals surface area contributed by atoms with E-state index in [4.69, 9.17) is 0 Å². The lowest BCUT2D eigenvalue weighted by Crippen LogP contribution is -1.85. The summed E-state index contributed by atoms with van der Waals surface area (Å²) in [5, 5.41) is 0. The number of rotatable bonds is 2. The highest BCUT2D eigenvalue weighted by molar-refractivity contribution is 9.10. The van der Waals surface area contributed by atoms with E-state index in [2.05, 4.69) is 50.9 Å². The molecule has 0 amide bonds. The molecule has 3 rings (SSSR count). The van der Waals surface area contributed by atoms with Crippen LogP contribution in [0.5, 0.6) is 0 Å². The Kier molecular flexibility index (Phi) is 4.52. The van der Waals surface area contributed by atoms with Crippen LogP contribution >= 0.6 is 54.5 Å². The number of aryl methyl sites for hydroxylation is 3. The van der Waals surface area contributed by atoms with Gasteiger partial charge in [-0.3, -0.25) is 0 Å². The van der Waals surface area contributed by atoms with E-state index in [9.17, 15) is 0 Å². The first kappa shape index (κ1) is 14.3. The smallest absolute Gasteiger partial charge is 0.0831 e. The summed E-state index contributed by atoms with van der Waals surface area (Å²) in [6.07, 6.45) is 6.68. The number of halogens is 2. The molecule has 19 heavy (non-hydrogen) atoms. The van der Waals surface area contributed by atoms with Crippen molar-refractivity contribution in [3.05, 3.63) is 41.7 Å². The Hall–Kier alpha value is 0.360. The van der Waals surface area contributed by atoms with Crippen LogP contribution in [0.25, 0.3) is 0 Å². The first-order chi connectivity index (χ1) is 9.15. The van der Waals surface area contributed by atoms with Gasteiger partial charge in [0.2, 0.25) is 0 Å². The van der Waals surface area contributed by atoms with E-state index in [1.54, 1.807) is 10.4 Å². The molecule has 0 saturated heterocycles. The van der Waals surface area contributed by atoms with Gasteiger partial charge in [-0.25, -0.2) is 0 Å². The second-order valence-corrected chi connectivity index (χ2v) is 9.30. The van der Waals surface area contributed by atoms with Gasteiger partial charge in [-0.2, -0.15) is 0 Å². The third-order valence-corrected chi connectivity index (χ3v) is 8.74. The molecule has 2 heterocycles. The van der Waals surface area contributed by atoms with Gasteiger partial charge >= 0.3 is 0 Å². The zero-order chi connectivity index (χ0) is 13.4. The van der Waals surface area contributed by atoms with Crippen LogP contribution in [0.3, 0.4) is 0 Å². The van der Waals surface area contributed by atoms with E-state index < -0.39 is 0 Å². The highest BCUT2D eigenvalue weighted by Crippen LogP contribution is 2.43. The zero-order valence-corrected chi connectivity index (χ0v) is 15.6. The molecule has 1 aliphatic carbocycles. The van der Waals surface area contributed by atoms with Gasteiger partial charge in [0.15, 0.2) is 0 Å². The molecular weight excluding hydrogens is 404 g/mol. The summed E-state index contributed by atoms with van der Waals surface area (Å²) in [7, 11) is 0. The number of hydrogen-bond acceptors (Lipinski definition) is 2. The minimum atomic E-state index is 0.361. The molecule has 0 aromatic carbocycles. The third-order valence-electron chi connectivity index (χ3n) is 3.64. The van der Waals surface area contributed by atoms with Crippen molar-refractivity contribution in [2.75, 3.05) is 0 Å². The zero-order valence-electron chi connectivity index (χ0n) is 10.8. The fourth-order valence-corrected chi connectivity index (χ4v) is 6.27. The predicted molar refractivity (Wildman–Crippen MR) is 93.1 cm³/mol. The fraction of sp³-hybridized carbons (Fsp3) is 0.467. The molecule has 2 aromatic rings. The van der Waals surface area contributed by atoms with E-state index in [-0.39, 0.29) is 0 Å². The van der Waals surface area contributed by atoms with Gasteiger partial charge < -0.3 is 0 Å². The summed E-state index contributed by atoms with van der Waals surface area (Å²) in [5.41, 5.74) is 1.61. The summed E-state index contributed by atoms with van der Waals surface area (Å²) in [6.45, 7) is 2.17. The highest BCUT2D eigenvalue weighted by Gasteiger charge is 2.19. The summed E-state index contributed by atoms with van der Waals surface area (Å²) < 4.78 is 1.23. The number of hydrogen-bond donors (Lipinski definition) is 0. The standard InChI is InChI=1S/C15H16Br2S2/c1-9-11(16)8-14(18-9)15(17)13-7-10-5-3-2-4-6-12(10)19-13/h7-8,15H,2-6H2,1H3. The molecule has 0 bridgehead atoms. The Morgan fingerprint density at radius 3 is 2.53 bits per heavy atom. The lowest BCUT2D eigenvalue weighted by atomic mass is 10.1. The molecule has 1 atom stereocenters. The largest absolute Gasteiger partial charge is 0.144 e. The summed E-state index contributed by atoms with van der Waals surface area (Å²) >= 11 is 11.4. The number of thiophene rings is 2. The lowest BCUT2D eigenvalue weighted by molar-refractivity contribution is 0.712. The van der Waals surface area contributed by atoms with E-state index in [0.29, 0.717) is 4.83 Å². The Bertz CT molecular complexity index is 540. The van der Waals surface area contributed by atoms with Gasteiger partial charge in [0.1, 0.15) is 0 Å². The predicted octanol–water partition coefficient (Wildman–Crippen LogP) is 6.63. The van der Waals surface area contributed by atoms with Gasteiger partial charge in [0.25, 0.3) is 0 Å². The minimum absolute atomic E-state index is 0.361. The quantitative estimate of drug-likeness (QED) is 0.378. The fourth-order valence-electron chi connectivity index (χ4n) is 2.56. The van der Waals surface area contributed by atoms with E-state index in [1.807, 2.05) is 22.7 Å². The van der Waals surface area contributed by atoms with Crippen LogP contribution in [0.2, 0.25) is 0 Å². The average Bonchev–Trinajstić information content (AvgIpc) is 2.87. The molecule has 0 saturated carbocycles. The molecule has 0 aliphatic heterocycles. The summed E-state index contributed by atoms with van der Waals surface area (Å²) in [4.78, 5) is 6.22. The van der Waals surface area contributed by atoms with Crippen molar-refractivity contribution in [1.82, 2.24) is 0 Å². The van der Waals surface area contributed by atoms with Crippen LogP contribution in [-0.4, -0.2) is 0 Å². The lowest BCUT2D eigenvalue weighted by Gasteiger charge is -2.04. The molecular formula is C15H16Br2S2. The van der Waals surface area contributed by atoms with Crippen LogP contribution < -0.4 is 0 Å². The van der Waals surface area contributed by atoms with Crippen molar-refractivity contribution < 1.29 is 0 Å². The van der Waals surface area contributed by atoms with E-state index >= 15 is 0 Å². The topological polar surface area (TPSA) is 0 Å². The maximum atomic E-state index is 3.89. The molecule has 102 valence electrons. The Morgan fingerprint density at radius 1 is 1.05 bits per heavy atom. The maximum absolute atomic E-state index is 3.89. The molecule has 0 radical (unpaired) electrons. The van der Waals surface area contributed by atoms with Crippen molar-refractivity contribution in [2.24, 2.45) is 0 Å². The number of fused-ring (bicyclic) bond motifs is 1. The highest BCUT2D eigenvalue weighted by atomic mass is 79.9. The van der Waals surface area contributed by atoms with Gasteiger partial charge in [-0.1, -0.05) is 22.4 Å². The van der Waals surface area contributed by atoms with E-state index in [0.717, 1.165) is 0 Å². The molecule has 0 spiro atoms. The Morgan fingerprint density at radius 2 is 1.79 bits per heavy atom. The Labute approximate surface area is 139 Å². The van der Waals surface area contributed by atoms with E-state index in [1.165, 1.54) is 51.2 Å². The first-order valence-corrected chi connectivity index (χ1v) is 10.0. The second-order valence-electron chi connectivity index (χ2n) is 5.07. The SMILES string of the molecule is Cc1sc(C(Br)c2cc3c(s2)CCCCC3)cc1Br. The van der Waals surface area contributed by atoms with Crippen molar-refractivity contribution >= 4 is 54.5 Å². The van der Waals surface area contributed by atoms with Crippen LogP contribution in [0.4, 0.5) is 0 Å². The van der Waals surface area contributed by atoms with Crippen LogP contribution in [0, 0.1) is 6.92 Å². The maximum Gasteiger partial charge on any atom is 0.0831 e. The molecule has 0 fully saturated rings. The van der Waals surface area contributed by atoms with Crippen molar-refractivity contribution in [3.8, 4) is 0 Å². The molecule has 1 unspecified atom stereocenters. The minimum Gasteiger partial charge on any atom is -0.144 e. The Balaban J connectivity index is 1.89. The molecule has 0 nitrogen and oxygen atoms in total. The molecule has 2 aromatic heterocycles. The normalized spacial score (nSPS) is 17.0. The van der Waals surface area contributed by atoms with Crippen molar-refractivity contribution in [3.63, 3.8) is 0 Å². The second kappa shape index (κ2) is 6.00. The first-order valence-electron chi connectivity index (χ1n) is 6.66. The van der Waals surface area contributed by atoms with Crippen LogP contribution in [0.15, 0.2) is 16.6 Å². The van der Waals surface area contributed by atoms with Gasteiger partial charge in [0.05, 0.1) is 4.83 Å². The van der Waals surface area contributed by atoms with Gasteiger partial charge in [-0.15, -0.1) is 22.7 Å². The number of alkyl halides is 1. The van der Waals surface area contributed by atoms with Crippen molar-refractivity contribution in [2.45, 2.75) is 43.9 Å². The van der Waals surface area contributed by atoms with Crippen molar-refractivity contribution in [1.29, 1.82) is 0 Å². The van der Waals surface area contributed by atoms with Gasteiger partial charge in [0, 0.05) is 24.0 Å². The average molecular weight is 420 g/mol. The molecule has 4 heteroatoms. The molecule has 1 aliphatic rings. The van der Waals surface area contributed by atoms with Crippen LogP contribution in [0.1, 0.15) is 49.2 Å². The summed E-state index contributed by atoms with van der Waals surface area (Å²) in [5.74, 6) is 0. The summed E-state index contributed by atoms with van der Waals surface area (Å²) in [6, 6.07) is 4.69. The third kappa shape index (κ3) is 3.02. The van der Waals surface area contributed by atoms with Gasteiger partial charge in [-0.05, 0) is 66.2 Å². The monoisotopic (exact) mass is 418 g/mol. The molecule has 0 N–H and O–H groups in total.